The maximum absolute atomic E-state index is 12.0. The second-order valence-corrected chi connectivity index (χ2v) is 7.53. The van der Waals surface area contributed by atoms with Crippen molar-refractivity contribution < 1.29 is 9.53 Å². The summed E-state index contributed by atoms with van der Waals surface area (Å²) in [6.45, 7) is 5.57. The van der Waals surface area contributed by atoms with Crippen molar-refractivity contribution in [2.75, 3.05) is 0 Å². The van der Waals surface area contributed by atoms with Crippen LogP contribution in [0, 0.1) is 0 Å². The van der Waals surface area contributed by atoms with Crippen LogP contribution in [0.25, 0.3) is 5.65 Å². The van der Waals surface area contributed by atoms with Crippen molar-refractivity contribution in [1.82, 2.24) is 24.9 Å². The van der Waals surface area contributed by atoms with Crippen molar-refractivity contribution in [3.8, 4) is 0 Å². The first-order valence-corrected chi connectivity index (χ1v) is 8.56. The fourth-order valence-electron chi connectivity index (χ4n) is 3.12. The van der Waals surface area contributed by atoms with Gasteiger partial charge in [-0.3, -0.25) is 4.40 Å². The van der Waals surface area contributed by atoms with E-state index < -0.39 is 5.60 Å². The number of ether oxygens (including phenoxy) is 1. The van der Waals surface area contributed by atoms with E-state index in [1.165, 1.54) is 0 Å². The molecule has 2 heterocycles. The molecule has 2 atom stereocenters. The van der Waals surface area contributed by atoms with Crippen molar-refractivity contribution in [2.24, 2.45) is 0 Å². The minimum atomic E-state index is -0.495. The maximum atomic E-state index is 12.0. The first kappa shape index (κ1) is 17.0. The van der Waals surface area contributed by atoms with Crippen LogP contribution in [0.2, 0.25) is 5.15 Å². The number of fused-ring (bicyclic) bond motifs is 1. The van der Waals surface area contributed by atoms with Gasteiger partial charge in [-0.2, -0.15) is 0 Å². The minimum Gasteiger partial charge on any atom is -0.444 e. The average molecular weight is 352 g/mol. The number of nitrogens with zero attached hydrogens (tertiary/aromatic N) is 4. The molecule has 0 radical (unpaired) electrons. The van der Waals surface area contributed by atoms with Crippen LogP contribution in [-0.2, 0) is 4.74 Å². The Hall–Kier alpha value is -1.89. The third kappa shape index (κ3) is 3.77. The summed E-state index contributed by atoms with van der Waals surface area (Å²) in [7, 11) is 0. The van der Waals surface area contributed by atoms with Crippen LogP contribution in [0.1, 0.15) is 58.2 Å². The van der Waals surface area contributed by atoms with E-state index in [0.717, 1.165) is 31.5 Å². The Morgan fingerprint density at radius 1 is 1.38 bits per heavy atom. The fraction of sp³-hybridized carbons (Fsp3) is 0.625. The molecule has 1 amide bonds. The number of alkyl carbamates (subject to hydrolysis) is 1. The van der Waals surface area contributed by atoms with Gasteiger partial charge in [0.15, 0.2) is 10.8 Å². The van der Waals surface area contributed by atoms with Gasteiger partial charge in [-0.25, -0.2) is 9.78 Å². The largest absolute Gasteiger partial charge is 0.444 e. The SMILES string of the molecule is CC(C)(C)OC(=O)N[C@H]1CCC[C@H](c2nnc3c(Cl)nccn23)C1. The van der Waals surface area contributed by atoms with Gasteiger partial charge in [-0.15, -0.1) is 10.2 Å². The third-order valence-corrected chi connectivity index (χ3v) is 4.34. The first-order valence-electron chi connectivity index (χ1n) is 8.18. The molecule has 24 heavy (non-hydrogen) atoms. The van der Waals surface area contributed by atoms with Gasteiger partial charge in [-0.05, 0) is 40.0 Å². The molecule has 1 fully saturated rings. The van der Waals surface area contributed by atoms with Crippen LogP contribution in [0.3, 0.4) is 0 Å². The molecular formula is C16H22ClN5O2. The van der Waals surface area contributed by atoms with Crippen molar-refractivity contribution in [1.29, 1.82) is 0 Å². The van der Waals surface area contributed by atoms with Gasteiger partial charge in [0, 0.05) is 24.4 Å². The lowest BCUT2D eigenvalue weighted by molar-refractivity contribution is 0.0490. The summed E-state index contributed by atoms with van der Waals surface area (Å²) < 4.78 is 7.23. The number of amides is 1. The van der Waals surface area contributed by atoms with E-state index in [1.807, 2.05) is 31.4 Å². The van der Waals surface area contributed by atoms with Gasteiger partial charge in [0.1, 0.15) is 11.4 Å². The highest BCUT2D eigenvalue weighted by molar-refractivity contribution is 6.32. The van der Waals surface area contributed by atoms with Gasteiger partial charge in [0.05, 0.1) is 0 Å². The molecule has 0 aromatic carbocycles. The Labute approximate surface area is 145 Å². The second-order valence-electron chi connectivity index (χ2n) is 7.18. The molecule has 130 valence electrons. The predicted molar refractivity (Wildman–Crippen MR) is 90.2 cm³/mol. The lowest BCUT2D eigenvalue weighted by atomic mass is 9.85. The van der Waals surface area contributed by atoms with Gasteiger partial charge in [0.2, 0.25) is 0 Å². The van der Waals surface area contributed by atoms with E-state index >= 15 is 0 Å². The highest BCUT2D eigenvalue weighted by Crippen LogP contribution is 2.32. The Balaban J connectivity index is 1.71. The molecule has 1 saturated carbocycles. The van der Waals surface area contributed by atoms with Crippen LogP contribution in [0.4, 0.5) is 4.79 Å². The van der Waals surface area contributed by atoms with E-state index in [4.69, 9.17) is 16.3 Å². The average Bonchev–Trinajstić information content (AvgIpc) is 2.91. The molecule has 2 aromatic heterocycles. The molecule has 8 heteroatoms. The molecule has 0 unspecified atom stereocenters. The fourth-order valence-corrected chi connectivity index (χ4v) is 3.31. The van der Waals surface area contributed by atoms with Crippen molar-refractivity contribution in [2.45, 2.75) is 64.0 Å². The molecule has 0 saturated heterocycles. The monoisotopic (exact) mass is 351 g/mol. The van der Waals surface area contributed by atoms with Crippen LogP contribution in [0.15, 0.2) is 12.4 Å². The molecular weight excluding hydrogens is 330 g/mol. The van der Waals surface area contributed by atoms with E-state index in [1.54, 1.807) is 6.20 Å². The quantitative estimate of drug-likeness (QED) is 0.897. The number of nitrogens with one attached hydrogen (secondary N) is 1. The standard InChI is InChI=1S/C16H22ClN5O2/c1-16(2,3)24-15(23)19-11-6-4-5-10(9-11)13-20-21-14-12(17)18-7-8-22(13)14/h7-8,10-11H,4-6,9H2,1-3H3,(H,19,23)/t10-,11-/m0/s1. The molecule has 0 spiro atoms. The second kappa shape index (κ2) is 6.55. The van der Waals surface area contributed by atoms with Crippen molar-refractivity contribution in [3.05, 3.63) is 23.4 Å². The molecule has 1 aliphatic rings. The Morgan fingerprint density at radius 2 is 2.17 bits per heavy atom. The highest BCUT2D eigenvalue weighted by atomic mass is 35.5. The minimum absolute atomic E-state index is 0.0725. The molecule has 0 bridgehead atoms. The molecule has 7 nitrogen and oxygen atoms in total. The summed E-state index contributed by atoms with van der Waals surface area (Å²) in [5.74, 6) is 1.08. The van der Waals surface area contributed by atoms with Crippen LogP contribution in [0.5, 0.6) is 0 Å². The number of carbonyl (C=O) groups is 1. The zero-order valence-electron chi connectivity index (χ0n) is 14.1. The Bertz CT molecular complexity index is 740. The van der Waals surface area contributed by atoms with E-state index in [-0.39, 0.29) is 18.1 Å². The number of aromatic nitrogens is 4. The molecule has 2 aromatic rings. The molecule has 1 aliphatic carbocycles. The summed E-state index contributed by atoms with van der Waals surface area (Å²) in [6.07, 6.45) is 6.86. The lowest BCUT2D eigenvalue weighted by Crippen LogP contribution is -2.41. The Kier molecular flexibility index (Phi) is 4.62. The first-order chi connectivity index (χ1) is 11.3. The van der Waals surface area contributed by atoms with E-state index in [9.17, 15) is 4.79 Å². The zero-order chi connectivity index (χ0) is 17.3. The smallest absolute Gasteiger partial charge is 0.407 e. The topological polar surface area (TPSA) is 81.4 Å². The summed E-state index contributed by atoms with van der Waals surface area (Å²) >= 11 is 6.06. The van der Waals surface area contributed by atoms with Crippen LogP contribution >= 0.6 is 11.6 Å². The van der Waals surface area contributed by atoms with Crippen molar-refractivity contribution >= 4 is 23.3 Å². The predicted octanol–water partition coefficient (Wildman–Crippen LogP) is 3.33. The lowest BCUT2D eigenvalue weighted by Gasteiger charge is -2.29. The number of rotatable bonds is 2. The summed E-state index contributed by atoms with van der Waals surface area (Å²) in [6, 6.07) is 0.0725. The number of hydrogen-bond donors (Lipinski definition) is 1. The molecule has 3 rings (SSSR count). The van der Waals surface area contributed by atoms with Gasteiger partial charge in [-0.1, -0.05) is 18.0 Å². The zero-order valence-corrected chi connectivity index (χ0v) is 14.9. The summed E-state index contributed by atoms with van der Waals surface area (Å²) in [5.41, 5.74) is 0.0712. The summed E-state index contributed by atoms with van der Waals surface area (Å²) in [4.78, 5) is 16.0. The van der Waals surface area contributed by atoms with E-state index in [0.29, 0.717) is 10.8 Å². The Morgan fingerprint density at radius 3 is 2.92 bits per heavy atom. The van der Waals surface area contributed by atoms with Gasteiger partial charge < -0.3 is 10.1 Å². The van der Waals surface area contributed by atoms with Crippen LogP contribution in [-0.4, -0.2) is 37.3 Å². The van der Waals surface area contributed by atoms with Crippen molar-refractivity contribution in [3.63, 3.8) is 0 Å². The van der Waals surface area contributed by atoms with E-state index in [2.05, 4.69) is 20.5 Å². The maximum Gasteiger partial charge on any atom is 0.407 e. The molecule has 1 N–H and O–H groups in total. The number of halogens is 1. The molecule has 0 aliphatic heterocycles. The highest BCUT2D eigenvalue weighted by Gasteiger charge is 2.29. The number of carbonyl (C=O) groups excluding carboxylic acids is 1. The van der Waals surface area contributed by atoms with Gasteiger partial charge in [0.25, 0.3) is 0 Å². The normalized spacial score (nSPS) is 21.7. The third-order valence-electron chi connectivity index (χ3n) is 4.07. The van der Waals surface area contributed by atoms with Gasteiger partial charge >= 0.3 is 6.09 Å². The van der Waals surface area contributed by atoms with Crippen LogP contribution < -0.4 is 5.32 Å². The number of hydrogen-bond acceptors (Lipinski definition) is 5. The summed E-state index contributed by atoms with van der Waals surface area (Å²) in [5, 5.41) is 11.7.